The minimum atomic E-state index is -8.41. The molecule has 0 radical (unpaired) electrons. The van der Waals surface area contributed by atoms with E-state index in [0.717, 1.165) is 0 Å². The maximum absolute atomic E-state index is 14.4. The summed E-state index contributed by atoms with van der Waals surface area (Å²) in [6.07, 6.45) is -7.38. The van der Waals surface area contributed by atoms with Crippen molar-refractivity contribution >= 4 is 5.91 Å². The largest absolute Gasteiger partial charge is 0.492 e. The number of hydrogen-bond acceptors (Lipinski definition) is 1. The molecule has 0 N–H and O–H groups in total. The Morgan fingerprint density at radius 2 is 0.862 bits per heavy atom. The molecule has 0 spiro atoms. The maximum Gasteiger partial charge on any atom is 0.492 e. The molecule has 1 heterocycles. The minimum absolute atomic E-state index is 3.85. The molecule has 1 amide bonds. The lowest BCUT2D eigenvalue weighted by Crippen LogP contribution is -2.97. The first-order valence-corrected chi connectivity index (χ1v) is 6.34. The second-order valence-corrected chi connectivity index (χ2v) is 5.84. The van der Waals surface area contributed by atoms with E-state index in [9.17, 15) is 79.4 Å². The summed E-state index contributed by atoms with van der Waals surface area (Å²) in [5.41, 5.74) is -16.7. The normalized spacial score (nSPS) is 39.1. The molecule has 2 atom stereocenters. The number of nitrogens with zero attached hydrogens (tertiary/aromatic N) is 1. The zero-order valence-electron chi connectivity index (χ0n) is 12.3. The molecule has 2 fully saturated rings. The Morgan fingerprint density at radius 3 is 1.17 bits per heavy atom. The van der Waals surface area contributed by atoms with Crippen LogP contribution in [0.3, 0.4) is 0 Å². The van der Waals surface area contributed by atoms with Gasteiger partial charge in [0.2, 0.25) is 0 Å². The predicted molar refractivity (Wildman–Crippen MR) is 50.3 cm³/mol. The van der Waals surface area contributed by atoms with E-state index in [1.54, 1.807) is 0 Å². The highest BCUT2D eigenvalue weighted by atomic mass is 19.4. The van der Waals surface area contributed by atoms with Crippen LogP contribution in [0, 0.1) is 0 Å². The summed E-state index contributed by atoms with van der Waals surface area (Å²) in [6.45, 7) is 0. The van der Waals surface area contributed by atoms with Crippen molar-refractivity contribution < 1.29 is 79.4 Å². The summed E-state index contributed by atoms with van der Waals surface area (Å²) in [4.78, 5) is 7.10. The Bertz CT molecular complexity index is 754. The Hall–Kier alpha value is -1.72. The van der Waals surface area contributed by atoms with Crippen molar-refractivity contribution in [1.29, 1.82) is 0 Å². The minimum Gasteiger partial charge on any atom is -0.267 e. The van der Waals surface area contributed by atoms with E-state index >= 15 is 0 Å². The molecule has 2 unspecified atom stereocenters. The van der Waals surface area contributed by atoms with Gasteiger partial charge in [-0.2, -0.15) is 57.6 Å². The fourth-order valence-corrected chi connectivity index (χ4v) is 2.91. The van der Waals surface area contributed by atoms with E-state index in [4.69, 9.17) is 0 Å². The average Bonchev–Trinajstić information content (AvgIpc) is 2.48. The fourth-order valence-electron chi connectivity index (χ4n) is 2.91. The van der Waals surface area contributed by atoms with Crippen LogP contribution in [-0.2, 0) is 4.79 Å². The van der Waals surface area contributed by atoms with Gasteiger partial charge < -0.3 is 0 Å². The van der Waals surface area contributed by atoms with Crippen molar-refractivity contribution in [3.8, 4) is 0 Å². The van der Waals surface area contributed by atoms with E-state index in [1.165, 1.54) is 0 Å². The predicted octanol–water partition coefficient (Wildman–Crippen LogP) is 4.55. The molecule has 1 saturated carbocycles. The molecule has 0 aromatic rings. The second-order valence-electron chi connectivity index (χ2n) is 5.84. The lowest BCUT2D eigenvalue weighted by molar-refractivity contribution is -0.528. The topological polar surface area (TPSA) is 20.3 Å². The summed E-state index contributed by atoms with van der Waals surface area (Å²) in [6, 6.07) is -7.99. The summed E-state index contributed by atoms with van der Waals surface area (Å²) in [7, 11) is 0. The molecule has 29 heavy (non-hydrogen) atoms. The van der Waals surface area contributed by atoms with Gasteiger partial charge in [-0.25, -0.2) is 8.78 Å². The van der Waals surface area contributed by atoms with Gasteiger partial charge in [0.1, 0.15) is 0 Å². The zero-order chi connectivity index (χ0) is 23.7. The van der Waals surface area contributed by atoms with Gasteiger partial charge in [0.25, 0.3) is 5.67 Å². The highest BCUT2D eigenvalue weighted by molar-refractivity contribution is 5.88. The second kappa shape index (κ2) is 4.94. The molecule has 2 rings (SSSR count). The number of fused-ring (bicyclic) bond motifs is 1. The van der Waals surface area contributed by atoms with Crippen LogP contribution >= 0.6 is 0 Å². The maximum atomic E-state index is 14.4. The van der Waals surface area contributed by atoms with E-state index in [2.05, 4.69) is 0 Å². The smallest absolute Gasteiger partial charge is 0.267 e. The van der Waals surface area contributed by atoms with Crippen LogP contribution in [0.25, 0.3) is 0 Å². The molecular weight excluding hydrogens is 473 g/mol. The molecule has 170 valence electrons. The molecule has 2 aliphatic rings. The molecule has 19 heteroatoms. The van der Waals surface area contributed by atoms with Crippen LogP contribution in [0.1, 0.15) is 0 Å². The summed E-state index contributed by atoms with van der Waals surface area (Å²) in [5, 5.41) is 0. The Balaban J connectivity index is 3.18. The van der Waals surface area contributed by atoms with Crippen molar-refractivity contribution in [2.45, 2.75) is 53.3 Å². The van der Waals surface area contributed by atoms with Gasteiger partial charge >= 0.3 is 53.5 Å². The van der Waals surface area contributed by atoms with Crippen molar-refractivity contribution in [3.05, 3.63) is 0 Å². The van der Waals surface area contributed by atoms with Crippen molar-refractivity contribution in [2.75, 3.05) is 0 Å². The molecule has 0 aromatic heterocycles. The lowest BCUT2D eigenvalue weighted by atomic mass is 9.59. The third-order valence-corrected chi connectivity index (χ3v) is 4.38. The Morgan fingerprint density at radius 1 is 0.552 bits per heavy atom. The van der Waals surface area contributed by atoms with Crippen LogP contribution < -0.4 is 0 Å². The fraction of sp³-hybridized carbons (Fsp3) is 0.900. The number of halogens is 17. The number of rotatable bonds is 0. The van der Waals surface area contributed by atoms with Gasteiger partial charge in [-0.05, 0) is 0 Å². The number of piperidine rings is 1. The molecule has 1 saturated heterocycles. The number of carbonyl (C=O) groups excluding carboxylic acids is 1. The Kier molecular flexibility index (Phi) is 4.02. The third kappa shape index (κ3) is 1.82. The number of hydrogen-bond donors (Lipinski definition) is 0. The average molecular weight is 473 g/mol. The van der Waals surface area contributed by atoms with Crippen molar-refractivity contribution in [1.82, 2.24) is 4.90 Å². The van der Waals surface area contributed by atoms with Gasteiger partial charge in [-0.15, -0.1) is 13.2 Å². The molecule has 2 nitrogen and oxygen atoms in total. The number of alkyl halides is 17. The van der Waals surface area contributed by atoms with Crippen LogP contribution in [0.5, 0.6) is 0 Å². The van der Waals surface area contributed by atoms with Crippen molar-refractivity contribution in [2.24, 2.45) is 0 Å². The zero-order valence-corrected chi connectivity index (χ0v) is 12.3. The molecular formula is C10F17NO. The summed E-state index contributed by atoms with van der Waals surface area (Å²) < 4.78 is 228. The van der Waals surface area contributed by atoms with Gasteiger partial charge in [0.15, 0.2) is 0 Å². The van der Waals surface area contributed by atoms with Crippen molar-refractivity contribution in [3.63, 3.8) is 0 Å². The van der Waals surface area contributed by atoms with Gasteiger partial charge in [0, 0.05) is 0 Å². The first kappa shape index (κ1) is 23.6. The SMILES string of the molecule is O=C1N(C(F)(F)F)C(F)(F)C2(F)C(F)(F)C(F)(F)C(F)(F)C(F)(F)C2(F)C1(F)F. The van der Waals surface area contributed by atoms with E-state index in [-0.39, 0.29) is 0 Å². The van der Waals surface area contributed by atoms with E-state index < -0.39 is 64.1 Å². The first-order valence-electron chi connectivity index (χ1n) is 6.34. The summed E-state index contributed by atoms with van der Waals surface area (Å²) in [5.74, 6) is -45.5. The number of likely N-dealkylation sites (tertiary alicyclic amines) is 1. The lowest BCUT2D eigenvalue weighted by Gasteiger charge is -2.61. The quantitative estimate of drug-likeness (QED) is 0.374. The van der Waals surface area contributed by atoms with Gasteiger partial charge in [-0.3, -0.25) is 4.79 Å². The van der Waals surface area contributed by atoms with Gasteiger partial charge in [-0.1, -0.05) is 0 Å². The number of carbonyl (C=O) groups is 1. The molecule has 0 bridgehead atoms. The molecule has 1 aliphatic heterocycles. The molecule has 0 aromatic carbocycles. The van der Waals surface area contributed by atoms with E-state index in [1.807, 2.05) is 0 Å². The van der Waals surface area contributed by atoms with Crippen LogP contribution in [0.2, 0.25) is 0 Å². The van der Waals surface area contributed by atoms with Crippen LogP contribution in [0.4, 0.5) is 74.6 Å². The molecule has 1 aliphatic carbocycles. The standard InChI is InChI=1S/C10F17NO/c11-2(12)1(29)28(10(25,26)27)9(23,24)4(14)3(2,13)5(15,16)7(19,20)8(21,22)6(4,17)18. The highest BCUT2D eigenvalue weighted by Gasteiger charge is 3.11. The van der Waals surface area contributed by atoms with Gasteiger partial charge in [0.05, 0.1) is 0 Å². The van der Waals surface area contributed by atoms with E-state index in [0.29, 0.717) is 0 Å². The highest BCUT2D eigenvalue weighted by Crippen LogP contribution is 2.77. The first-order chi connectivity index (χ1) is 12.3. The summed E-state index contributed by atoms with van der Waals surface area (Å²) >= 11 is 0. The third-order valence-electron chi connectivity index (χ3n) is 4.38. The monoisotopic (exact) mass is 473 g/mol. The van der Waals surface area contributed by atoms with Crippen LogP contribution in [0.15, 0.2) is 0 Å². The Labute approximate surface area is 145 Å². The van der Waals surface area contributed by atoms with Crippen LogP contribution in [-0.4, -0.2) is 64.1 Å². The number of amides is 1.